The Bertz CT molecular complexity index is 1050. The van der Waals surface area contributed by atoms with E-state index in [0.717, 1.165) is 25.0 Å². The fraction of sp³-hybridized carbons (Fsp3) is 0.350. The van der Waals surface area contributed by atoms with Crippen LogP contribution in [0.4, 0.5) is 24.5 Å². The van der Waals surface area contributed by atoms with Crippen molar-refractivity contribution in [1.82, 2.24) is 4.31 Å². The van der Waals surface area contributed by atoms with E-state index in [2.05, 4.69) is 5.32 Å². The van der Waals surface area contributed by atoms with Gasteiger partial charge in [0.2, 0.25) is 10.0 Å². The summed E-state index contributed by atoms with van der Waals surface area (Å²) in [4.78, 5) is 14.3. The largest absolute Gasteiger partial charge is 0.416 e. The van der Waals surface area contributed by atoms with Gasteiger partial charge in [0, 0.05) is 32.7 Å². The van der Waals surface area contributed by atoms with E-state index in [9.17, 15) is 26.4 Å². The number of hydrogen-bond acceptors (Lipinski definition) is 4. The van der Waals surface area contributed by atoms with Crippen LogP contribution >= 0.6 is 0 Å². The van der Waals surface area contributed by atoms with Crippen molar-refractivity contribution in [1.29, 1.82) is 0 Å². The Morgan fingerprint density at radius 2 is 1.73 bits per heavy atom. The highest BCUT2D eigenvalue weighted by Crippen LogP contribution is 2.35. The van der Waals surface area contributed by atoms with Gasteiger partial charge >= 0.3 is 6.18 Å². The predicted molar refractivity (Wildman–Crippen MR) is 108 cm³/mol. The molecule has 0 bridgehead atoms. The fourth-order valence-electron chi connectivity index (χ4n) is 3.27. The molecule has 162 valence electrons. The van der Waals surface area contributed by atoms with Crippen LogP contribution in [0.3, 0.4) is 0 Å². The quantitative estimate of drug-likeness (QED) is 0.766. The van der Waals surface area contributed by atoms with E-state index < -0.39 is 27.7 Å². The molecule has 10 heteroatoms. The summed E-state index contributed by atoms with van der Waals surface area (Å²) in [6, 6.07) is 8.57. The number of nitrogens with zero attached hydrogens (tertiary/aromatic N) is 2. The third-order valence-electron chi connectivity index (χ3n) is 4.85. The first-order chi connectivity index (χ1) is 14.0. The number of hydrogen-bond donors (Lipinski definition) is 1. The van der Waals surface area contributed by atoms with Crippen LogP contribution in [-0.2, 0) is 16.2 Å². The third kappa shape index (κ3) is 4.59. The molecule has 3 rings (SSSR count). The van der Waals surface area contributed by atoms with Crippen LogP contribution in [0.2, 0.25) is 0 Å². The van der Waals surface area contributed by atoms with Gasteiger partial charge in [0.05, 0.1) is 21.8 Å². The molecule has 1 aliphatic rings. The van der Waals surface area contributed by atoms with Crippen molar-refractivity contribution in [2.24, 2.45) is 0 Å². The van der Waals surface area contributed by atoms with E-state index in [1.165, 1.54) is 34.6 Å². The monoisotopic (exact) mass is 441 g/mol. The summed E-state index contributed by atoms with van der Waals surface area (Å²) in [6.45, 7) is 0.852. The first-order valence-corrected chi connectivity index (χ1v) is 10.7. The van der Waals surface area contributed by atoms with Gasteiger partial charge < -0.3 is 10.2 Å². The number of rotatable bonds is 5. The molecule has 1 aliphatic heterocycles. The zero-order valence-corrected chi connectivity index (χ0v) is 17.3. The molecule has 2 aromatic carbocycles. The SMILES string of the molecule is CN(C)c1ccc(C(F)(F)F)cc1NC(=O)c1cccc(S(=O)(=O)N2CCCC2)c1. The Morgan fingerprint density at radius 1 is 1.07 bits per heavy atom. The molecule has 1 heterocycles. The lowest BCUT2D eigenvalue weighted by Crippen LogP contribution is -2.28. The molecule has 0 unspecified atom stereocenters. The van der Waals surface area contributed by atoms with Crippen molar-refractivity contribution in [2.45, 2.75) is 23.9 Å². The lowest BCUT2D eigenvalue weighted by Gasteiger charge is -2.20. The lowest BCUT2D eigenvalue weighted by molar-refractivity contribution is -0.137. The van der Waals surface area contributed by atoms with Crippen molar-refractivity contribution in [3.8, 4) is 0 Å². The molecule has 6 nitrogen and oxygen atoms in total. The highest BCUT2D eigenvalue weighted by molar-refractivity contribution is 7.89. The minimum atomic E-state index is -4.56. The second kappa shape index (κ2) is 8.27. The third-order valence-corrected chi connectivity index (χ3v) is 6.75. The Balaban J connectivity index is 1.91. The molecule has 30 heavy (non-hydrogen) atoms. The van der Waals surface area contributed by atoms with E-state index in [1.54, 1.807) is 19.0 Å². The maximum absolute atomic E-state index is 13.1. The number of alkyl halides is 3. The van der Waals surface area contributed by atoms with Gasteiger partial charge in [0.15, 0.2) is 0 Å². The summed E-state index contributed by atoms with van der Waals surface area (Å²) in [6.07, 6.45) is -3.00. The van der Waals surface area contributed by atoms with Gasteiger partial charge in [-0.15, -0.1) is 0 Å². The number of amides is 1. The molecule has 0 spiro atoms. The smallest absolute Gasteiger partial charge is 0.376 e. The molecule has 1 fully saturated rings. The number of carbonyl (C=O) groups is 1. The topological polar surface area (TPSA) is 69.7 Å². The molecule has 0 atom stereocenters. The Morgan fingerprint density at radius 3 is 2.33 bits per heavy atom. The summed E-state index contributed by atoms with van der Waals surface area (Å²) in [5.74, 6) is -0.698. The minimum absolute atomic E-state index is 0.0195. The van der Waals surface area contributed by atoms with Crippen LogP contribution in [0.1, 0.15) is 28.8 Å². The van der Waals surface area contributed by atoms with Gasteiger partial charge in [-0.1, -0.05) is 6.07 Å². The summed E-state index contributed by atoms with van der Waals surface area (Å²) in [5.41, 5.74) is -0.490. The number of anilines is 2. The van der Waals surface area contributed by atoms with E-state index >= 15 is 0 Å². The van der Waals surface area contributed by atoms with Gasteiger partial charge in [-0.3, -0.25) is 4.79 Å². The van der Waals surface area contributed by atoms with Crippen molar-refractivity contribution >= 4 is 27.3 Å². The predicted octanol–water partition coefficient (Wildman–Crippen LogP) is 3.81. The van der Waals surface area contributed by atoms with E-state index in [-0.39, 0.29) is 16.1 Å². The number of sulfonamides is 1. The van der Waals surface area contributed by atoms with Crippen LogP contribution in [0, 0.1) is 0 Å². The highest BCUT2D eigenvalue weighted by atomic mass is 32.2. The molecule has 1 saturated heterocycles. The summed E-state index contributed by atoms with van der Waals surface area (Å²) < 4.78 is 66.1. The van der Waals surface area contributed by atoms with Crippen LogP contribution in [0.5, 0.6) is 0 Å². The van der Waals surface area contributed by atoms with Gasteiger partial charge in [0.25, 0.3) is 5.91 Å². The molecule has 0 aromatic heterocycles. The summed E-state index contributed by atoms with van der Waals surface area (Å²) in [5, 5.41) is 2.48. The zero-order chi connectivity index (χ0) is 22.1. The number of halogens is 3. The van der Waals surface area contributed by atoms with Gasteiger partial charge in [-0.25, -0.2) is 8.42 Å². The number of nitrogens with one attached hydrogen (secondary N) is 1. The number of carbonyl (C=O) groups excluding carboxylic acids is 1. The molecular formula is C20H22F3N3O3S. The highest BCUT2D eigenvalue weighted by Gasteiger charge is 2.32. The fourth-order valence-corrected chi connectivity index (χ4v) is 4.84. The molecule has 0 aliphatic carbocycles. The van der Waals surface area contributed by atoms with Gasteiger partial charge in [0.1, 0.15) is 0 Å². The first-order valence-electron chi connectivity index (χ1n) is 9.30. The number of benzene rings is 2. The summed E-state index contributed by atoms with van der Waals surface area (Å²) in [7, 11) is -0.438. The maximum Gasteiger partial charge on any atom is 0.416 e. The van der Waals surface area contributed by atoms with Crippen molar-refractivity contribution in [3.05, 3.63) is 53.6 Å². The molecule has 0 radical (unpaired) electrons. The summed E-state index contributed by atoms with van der Waals surface area (Å²) >= 11 is 0. The lowest BCUT2D eigenvalue weighted by atomic mass is 10.1. The van der Waals surface area contributed by atoms with Crippen LogP contribution in [0.25, 0.3) is 0 Å². The van der Waals surface area contributed by atoms with Crippen LogP contribution in [-0.4, -0.2) is 45.8 Å². The van der Waals surface area contributed by atoms with Crippen LogP contribution in [0.15, 0.2) is 47.4 Å². The standard InChI is InChI=1S/C20H22F3N3O3S/c1-25(2)18-9-8-15(20(21,22)23)13-17(18)24-19(27)14-6-5-7-16(12-14)30(28,29)26-10-3-4-11-26/h5-9,12-13H,3-4,10-11H2,1-2H3,(H,24,27). The molecule has 0 saturated carbocycles. The zero-order valence-electron chi connectivity index (χ0n) is 16.5. The Labute approximate surface area is 173 Å². The second-order valence-corrected chi connectivity index (χ2v) is 9.16. The normalized spacial score (nSPS) is 15.2. The second-order valence-electron chi connectivity index (χ2n) is 7.22. The van der Waals surface area contributed by atoms with E-state index in [4.69, 9.17) is 0 Å². The molecule has 1 N–H and O–H groups in total. The van der Waals surface area contributed by atoms with Crippen molar-refractivity contribution in [2.75, 3.05) is 37.4 Å². The molecular weight excluding hydrogens is 419 g/mol. The maximum atomic E-state index is 13.1. The van der Waals surface area contributed by atoms with Crippen molar-refractivity contribution < 1.29 is 26.4 Å². The van der Waals surface area contributed by atoms with Crippen molar-refractivity contribution in [3.63, 3.8) is 0 Å². The molecule has 2 aromatic rings. The van der Waals surface area contributed by atoms with E-state index in [1.807, 2.05) is 0 Å². The average Bonchev–Trinajstić information content (AvgIpc) is 3.23. The van der Waals surface area contributed by atoms with Gasteiger partial charge in [-0.2, -0.15) is 17.5 Å². The Hall–Kier alpha value is -2.59. The Kier molecular flexibility index (Phi) is 6.09. The molecule has 1 amide bonds. The van der Waals surface area contributed by atoms with Crippen LogP contribution < -0.4 is 10.2 Å². The van der Waals surface area contributed by atoms with Gasteiger partial charge in [-0.05, 0) is 49.2 Å². The van der Waals surface area contributed by atoms with E-state index in [0.29, 0.717) is 18.8 Å². The first kappa shape index (κ1) is 22.1. The average molecular weight is 441 g/mol. The minimum Gasteiger partial charge on any atom is -0.376 e.